The van der Waals surface area contributed by atoms with Crippen LogP contribution in [-0.2, 0) is 6.54 Å². The van der Waals surface area contributed by atoms with Gasteiger partial charge in [0.1, 0.15) is 5.69 Å². The fourth-order valence-electron chi connectivity index (χ4n) is 4.28. The Hall–Kier alpha value is -2.30. The summed E-state index contributed by atoms with van der Waals surface area (Å²) >= 11 is 0. The van der Waals surface area contributed by atoms with Crippen LogP contribution in [0, 0.1) is 5.41 Å². The maximum atomic E-state index is 5.47. The summed E-state index contributed by atoms with van der Waals surface area (Å²) in [5.74, 6) is 1.78. The number of nitrogens with zero attached hydrogens (tertiary/aromatic N) is 3. The van der Waals surface area contributed by atoms with Gasteiger partial charge in [-0.3, -0.25) is 4.99 Å². The molecule has 132 valence electrons. The van der Waals surface area contributed by atoms with Gasteiger partial charge in [0.2, 0.25) is 0 Å². The number of nitrogens with one attached hydrogen (secondary N) is 1. The SMILES string of the molecule is CN=C(NCc1cc(-c2ccccc2)on1)N1CCC2(CCCC2)C1. The number of aromatic nitrogens is 1. The van der Waals surface area contributed by atoms with Crippen molar-refractivity contribution in [3.05, 3.63) is 42.1 Å². The van der Waals surface area contributed by atoms with Crippen LogP contribution in [0.1, 0.15) is 37.8 Å². The topological polar surface area (TPSA) is 53.7 Å². The molecular weight excluding hydrogens is 312 g/mol. The summed E-state index contributed by atoms with van der Waals surface area (Å²) in [4.78, 5) is 6.88. The lowest BCUT2D eigenvalue weighted by Crippen LogP contribution is -2.40. The van der Waals surface area contributed by atoms with Crippen LogP contribution in [0.5, 0.6) is 0 Å². The zero-order chi connectivity index (χ0) is 17.1. The molecule has 25 heavy (non-hydrogen) atoms. The number of hydrogen-bond donors (Lipinski definition) is 1. The minimum absolute atomic E-state index is 0.548. The Morgan fingerprint density at radius 1 is 1.24 bits per heavy atom. The lowest BCUT2D eigenvalue weighted by atomic mass is 9.86. The van der Waals surface area contributed by atoms with Gasteiger partial charge in [-0.25, -0.2) is 0 Å². The standard InChI is InChI=1S/C20H26N4O/c1-21-19(24-12-11-20(15-24)9-5-6-10-20)22-14-17-13-18(25-23-17)16-7-3-2-4-8-16/h2-4,7-8,13H,5-6,9-12,14-15H2,1H3,(H,21,22). The number of guanidine groups is 1. The van der Waals surface area contributed by atoms with Gasteiger partial charge < -0.3 is 14.7 Å². The number of benzene rings is 1. The molecule has 2 heterocycles. The third-order valence-corrected chi connectivity index (χ3v) is 5.66. The second-order valence-electron chi connectivity index (χ2n) is 7.33. The molecule has 1 saturated carbocycles. The summed E-state index contributed by atoms with van der Waals surface area (Å²) in [6.07, 6.45) is 6.84. The minimum atomic E-state index is 0.548. The van der Waals surface area contributed by atoms with Gasteiger partial charge in [-0.05, 0) is 24.7 Å². The van der Waals surface area contributed by atoms with E-state index in [4.69, 9.17) is 4.52 Å². The second-order valence-corrected chi connectivity index (χ2v) is 7.33. The van der Waals surface area contributed by atoms with Crippen LogP contribution in [0.2, 0.25) is 0 Å². The highest BCUT2D eigenvalue weighted by Crippen LogP contribution is 2.45. The van der Waals surface area contributed by atoms with Crippen LogP contribution in [0.25, 0.3) is 11.3 Å². The van der Waals surface area contributed by atoms with Crippen LogP contribution >= 0.6 is 0 Å². The first-order valence-corrected chi connectivity index (χ1v) is 9.25. The van der Waals surface area contributed by atoms with Crippen LogP contribution < -0.4 is 5.32 Å². The summed E-state index contributed by atoms with van der Waals surface area (Å²) in [6, 6.07) is 12.1. The Morgan fingerprint density at radius 2 is 2.04 bits per heavy atom. The third-order valence-electron chi connectivity index (χ3n) is 5.66. The maximum absolute atomic E-state index is 5.47. The molecule has 0 amide bonds. The zero-order valence-corrected chi connectivity index (χ0v) is 14.9. The van der Waals surface area contributed by atoms with Crippen LogP contribution in [0.3, 0.4) is 0 Å². The lowest BCUT2D eigenvalue weighted by Gasteiger charge is -2.25. The molecule has 0 unspecified atom stereocenters. The fraction of sp³-hybridized carbons (Fsp3) is 0.500. The first-order chi connectivity index (χ1) is 12.3. The van der Waals surface area contributed by atoms with Crippen molar-refractivity contribution >= 4 is 5.96 Å². The van der Waals surface area contributed by atoms with Crippen molar-refractivity contribution in [2.75, 3.05) is 20.1 Å². The quantitative estimate of drug-likeness (QED) is 0.685. The molecule has 2 fully saturated rings. The van der Waals surface area contributed by atoms with Crippen LogP contribution in [0.4, 0.5) is 0 Å². The third kappa shape index (κ3) is 3.41. The molecule has 2 aliphatic rings. The zero-order valence-electron chi connectivity index (χ0n) is 14.9. The average Bonchev–Trinajstić information content (AvgIpc) is 3.39. The Morgan fingerprint density at radius 3 is 2.80 bits per heavy atom. The lowest BCUT2D eigenvalue weighted by molar-refractivity contribution is 0.309. The molecule has 1 aliphatic heterocycles. The van der Waals surface area contributed by atoms with E-state index in [2.05, 4.69) is 20.4 Å². The Bertz CT molecular complexity index is 731. The number of rotatable bonds is 3. The Balaban J connectivity index is 1.37. The van der Waals surface area contributed by atoms with Crippen LogP contribution in [-0.4, -0.2) is 36.2 Å². The van der Waals surface area contributed by atoms with E-state index in [0.29, 0.717) is 12.0 Å². The van der Waals surface area contributed by atoms with Gasteiger partial charge in [0, 0.05) is 31.8 Å². The minimum Gasteiger partial charge on any atom is -0.356 e. The maximum Gasteiger partial charge on any atom is 0.193 e. The summed E-state index contributed by atoms with van der Waals surface area (Å²) in [6.45, 7) is 2.88. The van der Waals surface area contributed by atoms with Gasteiger partial charge in [-0.1, -0.05) is 48.3 Å². The van der Waals surface area contributed by atoms with E-state index in [1.54, 1.807) is 0 Å². The predicted molar refractivity (Wildman–Crippen MR) is 99.2 cm³/mol. The highest BCUT2D eigenvalue weighted by atomic mass is 16.5. The van der Waals surface area contributed by atoms with Gasteiger partial charge in [0.15, 0.2) is 11.7 Å². The monoisotopic (exact) mass is 338 g/mol. The van der Waals surface area contributed by atoms with E-state index < -0.39 is 0 Å². The van der Waals surface area contributed by atoms with Gasteiger partial charge in [-0.15, -0.1) is 0 Å². The van der Waals surface area contributed by atoms with Crippen molar-refractivity contribution in [3.8, 4) is 11.3 Å². The van der Waals surface area contributed by atoms with Gasteiger partial charge in [0.05, 0.1) is 6.54 Å². The Labute approximate surface area is 149 Å². The van der Waals surface area contributed by atoms with E-state index in [9.17, 15) is 0 Å². The van der Waals surface area contributed by atoms with Crippen molar-refractivity contribution in [2.24, 2.45) is 10.4 Å². The number of likely N-dealkylation sites (tertiary alicyclic amines) is 1. The molecule has 5 heteroatoms. The van der Waals surface area contributed by atoms with Gasteiger partial charge in [-0.2, -0.15) is 0 Å². The van der Waals surface area contributed by atoms with Crippen molar-refractivity contribution in [1.29, 1.82) is 0 Å². The number of hydrogen-bond acceptors (Lipinski definition) is 3. The van der Waals surface area contributed by atoms with Gasteiger partial charge in [0.25, 0.3) is 0 Å². The fourth-order valence-corrected chi connectivity index (χ4v) is 4.28. The predicted octanol–water partition coefficient (Wildman–Crippen LogP) is 3.68. The molecule has 1 saturated heterocycles. The highest BCUT2D eigenvalue weighted by molar-refractivity contribution is 5.80. The van der Waals surface area contributed by atoms with E-state index in [1.165, 1.54) is 32.1 Å². The summed E-state index contributed by atoms with van der Waals surface area (Å²) in [7, 11) is 1.86. The van der Waals surface area contributed by atoms with Crippen LogP contribution in [0.15, 0.2) is 45.9 Å². The molecule has 1 spiro atoms. The highest BCUT2D eigenvalue weighted by Gasteiger charge is 2.41. The Kier molecular flexibility index (Phi) is 4.47. The molecule has 1 aliphatic carbocycles. The molecule has 1 N–H and O–H groups in total. The molecule has 4 rings (SSSR count). The first-order valence-electron chi connectivity index (χ1n) is 9.25. The molecule has 1 aromatic carbocycles. The largest absolute Gasteiger partial charge is 0.356 e. The summed E-state index contributed by atoms with van der Waals surface area (Å²) in [5.41, 5.74) is 2.49. The molecule has 2 aromatic rings. The second kappa shape index (κ2) is 6.90. The number of aliphatic imine (C=N–C) groups is 1. The van der Waals surface area contributed by atoms with E-state index >= 15 is 0 Å². The molecule has 1 aromatic heterocycles. The van der Waals surface area contributed by atoms with E-state index in [-0.39, 0.29) is 0 Å². The molecular formula is C20H26N4O. The smallest absolute Gasteiger partial charge is 0.193 e. The summed E-state index contributed by atoms with van der Waals surface area (Å²) < 4.78 is 5.47. The van der Waals surface area contributed by atoms with Crippen molar-refractivity contribution < 1.29 is 4.52 Å². The van der Waals surface area contributed by atoms with Crippen molar-refractivity contribution in [3.63, 3.8) is 0 Å². The van der Waals surface area contributed by atoms with E-state index in [1.807, 2.05) is 43.4 Å². The molecule has 0 radical (unpaired) electrons. The van der Waals surface area contributed by atoms with Crippen molar-refractivity contribution in [2.45, 2.75) is 38.6 Å². The first kappa shape index (κ1) is 16.2. The normalized spacial score (nSPS) is 19.7. The van der Waals surface area contributed by atoms with Gasteiger partial charge >= 0.3 is 0 Å². The molecule has 0 bridgehead atoms. The molecule has 5 nitrogen and oxygen atoms in total. The molecule has 0 atom stereocenters. The summed E-state index contributed by atoms with van der Waals surface area (Å²) in [5, 5.41) is 7.64. The van der Waals surface area contributed by atoms with Crippen molar-refractivity contribution in [1.82, 2.24) is 15.4 Å². The van der Waals surface area contributed by atoms with E-state index in [0.717, 1.165) is 36.1 Å². The average molecular weight is 338 g/mol.